The first-order chi connectivity index (χ1) is 22.1. The summed E-state index contributed by atoms with van der Waals surface area (Å²) in [5.74, 6) is -2.42. The second kappa shape index (κ2) is 13.1. The Kier molecular flexibility index (Phi) is 9.16. The van der Waals surface area contributed by atoms with E-state index in [1.54, 1.807) is 65.0 Å². The Morgan fingerprint density at radius 2 is 1.48 bits per heavy atom. The summed E-state index contributed by atoms with van der Waals surface area (Å²) in [6.45, 7) is 0.995. The van der Waals surface area contributed by atoms with Gasteiger partial charge in [0.1, 0.15) is 17.5 Å². The van der Waals surface area contributed by atoms with E-state index in [1.807, 2.05) is 0 Å². The van der Waals surface area contributed by atoms with Gasteiger partial charge in [-0.15, -0.1) is 0 Å². The monoisotopic (exact) mass is 647 g/mol. The first kappa shape index (κ1) is 32.1. The molecule has 3 N–H and O–H groups in total. The zero-order valence-corrected chi connectivity index (χ0v) is 26.0. The minimum absolute atomic E-state index is 0.161. The molecule has 46 heavy (non-hydrogen) atoms. The normalized spacial score (nSPS) is 18.5. The molecule has 1 saturated heterocycles. The molecule has 0 radical (unpaired) electrons. The van der Waals surface area contributed by atoms with Crippen LogP contribution in [-0.4, -0.2) is 49.2 Å². The number of ketones is 1. The Labute approximate surface area is 267 Å². The number of sulfonamides is 1. The molecule has 0 aromatic heterocycles. The maximum Gasteiger partial charge on any atom is 0.243 e. The van der Waals surface area contributed by atoms with Crippen molar-refractivity contribution in [2.75, 3.05) is 13.1 Å². The second-order valence-corrected chi connectivity index (χ2v) is 14.1. The summed E-state index contributed by atoms with van der Waals surface area (Å²) in [5, 5.41) is 3.39. The lowest BCUT2D eigenvalue weighted by molar-refractivity contribution is -0.119. The Bertz CT molecular complexity index is 1750. The van der Waals surface area contributed by atoms with E-state index in [2.05, 4.69) is 5.32 Å². The Morgan fingerprint density at radius 3 is 2.07 bits per heavy atom. The van der Waals surface area contributed by atoms with Crippen LogP contribution >= 0.6 is 0 Å². The van der Waals surface area contributed by atoms with Gasteiger partial charge in [0.2, 0.25) is 10.0 Å². The number of Topliss-reactive ketones (excluding diaryl/α,β-unsaturated/α-hetero) is 1. The number of hydrogen-bond donors (Lipinski definition) is 2. The van der Waals surface area contributed by atoms with Crippen LogP contribution in [0.15, 0.2) is 102 Å². The third-order valence-electron chi connectivity index (χ3n) is 9.26. The molecule has 2 fully saturated rings. The second-order valence-electron chi connectivity index (χ2n) is 12.3. The molecule has 2 atom stereocenters. The van der Waals surface area contributed by atoms with Gasteiger partial charge in [-0.3, -0.25) is 4.79 Å². The number of piperazine rings is 1. The fraction of sp³-hybridized carbons (Fsp3) is 0.306. The molecule has 4 aromatic carbocycles. The molecular weight excluding hydrogens is 611 g/mol. The molecule has 0 unspecified atom stereocenters. The average Bonchev–Trinajstić information content (AvgIpc) is 3.81. The highest BCUT2D eigenvalue weighted by Gasteiger charge is 2.57. The van der Waals surface area contributed by atoms with E-state index >= 15 is 4.39 Å². The zero-order valence-electron chi connectivity index (χ0n) is 25.2. The summed E-state index contributed by atoms with van der Waals surface area (Å²) >= 11 is 0. The fourth-order valence-electron chi connectivity index (χ4n) is 6.74. The molecule has 6 nitrogen and oxygen atoms in total. The number of carbonyl (C=O) groups excluding carboxylic acids is 1. The first-order valence-corrected chi connectivity index (χ1v) is 16.9. The van der Waals surface area contributed by atoms with Crippen LogP contribution in [0.5, 0.6) is 0 Å². The third-order valence-corrected chi connectivity index (χ3v) is 11.3. The van der Waals surface area contributed by atoms with Crippen molar-refractivity contribution in [2.45, 2.75) is 60.5 Å². The van der Waals surface area contributed by atoms with Gasteiger partial charge in [-0.1, -0.05) is 54.6 Å². The quantitative estimate of drug-likeness (QED) is 0.224. The lowest BCUT2D eigenvalue weighted by Gasteiger charge is -2.42. The lowest BCUT2D eigenvalue weighted by Crippen LogP contribution is -2.61. The number of carbonyl (C=O) groups is 1. The van der Waals surface area contributed by atoms with Crippen LogP contribution in [0.4, 0.5) is 13.2 Å². The van der Waals surface area contributed by atoms with Gasteiger partial charge in [-0.05, 0) is 90.4 Å². The van der Waals surface area contributed by atoms with E-state index in [1.165, 1.54) is 36.4 Å². The van der Waals surface area contributed by atoms with Crippen LogP contribution < -0.4 is 11.1 Å². The molecule has 1 spiro atoms. The Morgan fingerprint density at radius 1 is 0.870 bits per heavy atom. The highest BCUT2D eigenvalue weighted by atomic mass is 32.2. The number of nitrogens with one attached hydrogen (secondary N) is 1. The molecule has 4 aromatic rings. The van der Waals surface area contributed by atoms with E-state index in [9.17, 15) is 22.0 Å². The minimum Gasteiger partial charge on any atom is -0.321 e. The molecular formula is C36H36F3N3O3S. The average molecular weight is 648 g/mol. The molecule has 240 valence electrons. The smallest absolute Gasteiger partial charge is 0.243 e. The molecule has 1 heterocycles. The van der Waals surface area contributed by atoms with E-state index in [-0.39, 0.29) is 23.5 Å². The highest BCUT2D eigenvalue weighted by molar-refractivity contribution is 7.89. The van der Waals surface area contributed by atoms with Crippen LogP contribution in [0.25, 0.3) is 0 Å². The van der Waals surface area contributed by atoms with Gasteiger partial charge in [0.05, 0.1) is 10.9 Å². The summed E-state index contributed by atoms with van der Waals surface area (Å²) in [7, 11) is -3.80. The molecule has 1 saturated carbocycles. The lowest BCUT2D eigenvalue weighted by atomic mass is 9.82. The number of hydrogen-bond acceptors (Lipinski definition) is 5. The summed E-state index contributed by atoms with van der Waals surface area (Å²) in [4.78, 5) is 14.0. The van der Waals surface area contributed by atoms with Crippen LogP contribution in [0.1, 0.15) is 47.4 Å². The van der Waals surface area contributed by atoms with Crippen molar-refractivity contribution in [3.63, 3.8) is 0 Å². The first-order valence-electron chi connectivity index (χ1n) is 15.4. The molecule has 1 aliphatic carbocycles. The van der Waals surface area contributed by atoms with Crippen LogP contribution in [0.2, 0.25) is 0 Å². The van der Waals surface area contributed by atoms with Gasteiger partial charge in [0.25, 0.3) is 0 Å². The molecule has 1 aliphatic heterocycles. The number of benzene rings is 4. The standard InChI is InChI=1S/C36H36F3N3O3S/c37-27-13-9-24(10-14-27)34(25-11-15-28(38)16-12-25)35(40)33(43)21-26-5-4-8-32(39)31(26)18-17-29-22-41-23-36(19-20-36)42(29)46(44,45)30-6-2-1-3-7-30/h1-16,29,34-35,41H,17-23,40H2/t29-,35+/m0/s1. The molecule has 0 bridgehead atoms. The van der Waals surface area contributed by atoms with E-state index in [0.29, 0.717) is 41.8 Å². The minimum atomic E-state index is -3.80. The highest BCUT2D eigenvalue weighted by Crippen LogP contribution is 2.47. The van der Waals surface area contributed by atoms with Gasteiger partial charge in [-0.25, -0.2) is 21.6 Å². The molecule has 0 amide bonds. The van der Waals surface area contributed by atoms with Crippen LogP contribution in [0.3, 0.4) is 0 Å². The zero-order chi connectivity index (χ0) is 32.5. The van der Waals surface area contributed by atoms with Crippen LogP contribution in [-0.2, 0) is 27.7 Å². The van der Waals surface area contributed by atoms with Crippen molar-refractivity contribution < 1.29 is 26.4 Å². The van der Waals surface area contributed by atoms with Crippen molar-refractivity contribution in [3.05, 3.63) is 137 Å². The Hall–Kier alpha value is -3.83. The number of rotatable bonds is 11. The number of nitrogens with two attached hydrogens (primary N) is 1. The molecule has 10 heteroatoms. The van der Waals surface area contributed by atoms with Crippen molar-refractivity contribution >= 4 is 15.8 Å². The van der Waals surface area contributed by atoms with Gasteiger partial charge >= 0.3 is 0 Å². The number of nitrogens with zero attached hydrogens (tertiary/aromatic N) is 1. The van der Waals surface area contributed by atoms with E-state index in [4.69, 9.17) is 5.73 Å². The predicted molar refractivity (Wildman–Crippen MR) is 170 cm³/mol. The fourth-order valence-corrected chi connectivity index (χ4v) is 8.79. The summed E-state index contributed by atoms with van der Waals surface area (Å²) in [6, 6.07) is 22.7. The predicted octanol–water partition coefficient (Wildman–Crippen LogP) is 5.50. The van der Waals surface area contributed by atoms with Gasteiger partial charge < -0.3 is 11.1 Å². The van der Waals surface area contributed by atoms with Gasteiger partial charge in [0, 0.05) is 37.0 Å². The SMILES string of the molecule is N[C@H](C(=O)Cc1cccc(F)c1CC[C@H]1CNCC2(CC2)N1S(=O)(=O)c1ccccc1)C(c1ccc(F)cc1)c1ccc(F)cc1. The molecule has 2 aliphatic rings. The van der Waals surface area contributed by atoms with Crippen molar-refractivity contribution in [1.82, 2.24) is 9.62 Å². The summed E-state index contributed by atoms with van der Waals surface area (Å²) < 4.78 is 72.3. The van der Waals surface area contributed by atoms with Gasteiger partial charge in [-0.2, -0.15) is 4.31 Å². The van der Waals surface area contributed by atoms with E-state index in [0.717, 1.165) is 12.8 Å². The maximum atomic E-state index is 15.4. The summed E-state index contributed by atoms with van der Waals surface area (Å²) in [6.07, 6.45) is 1.91. The molecule has 6 rings (SSSR count). The van der Waals surface area contributed by atoms with Crippen molar-refractivity contribution in [2.24, 2.45) is 5.73 Å². The third kappa shape index (κ3) is 6.53. The maximum absolute atomic E-state index is 15.4. The van der Waals surface area contributed by atoms with Gasteiger partial charge in [0.15, 0.2) is 5.78 Å². The number of halogens is 3. The van der Waals surface area contributed by atoms with Crippen LogP contribution in [0, 0.1) is 17.5 Å². The topological polar surface area (TPSA) is 92.5 Å². The Balaban J connectivity index is 1.24. The largest absolute Gasteiger partial charge is 0.321 e. The van der Waals surface area contributed by atoms with E-state index < -0.39 is 51.0 Å². The van der Waals surface area contributed by atoms with Crippen molar-refractivity contribution in [1.29, 1.82) is 0 Å². The van der Waals surface area contributed by atoms with Crippen molar-refractivity contribution in [3.8, 4) is 0 Å². The summed E-state index contributed by atoms with van der Waals surface area (Å²) in [5.41, 5.74) is 8.08.